The molecule has 0 aliphatic rings. The van der Waals surface area contributed by atoms with Gasteiger partial charge >= 0.3 is 0 Å². The summed E-state index contributed by atoms with van der Waals surface area (Å²) in [5.41, 5.74) is -0.0142. The molecule has 0 bridgehead atoms. The summed E-state index contributed by atoms with van der Waals surface area (Å²) in [6.07, 6.45) is 0. The highest BCUT2D eigenvalue weighted by atomic mass is 32.1. The molecule has 3 nitrogen and oxygen atoms in total. The number of benzene rings is 1. The van der Waals surface area contributed by atoms with Crippen LogP contribution in [0.15, 0.2) is 23.1 Å². The number of carbonyl (C=O) groups is 1. The maximum Gasteiger partial charge on any atom is 0.257 e. The second kappa shape index (κ2) is 6.02. The first-order valence-electron chi connectivity index (χ1n) is 5.37. The van der Waals surface area contributed by atoms with Gasteiger partial charge in [0.2, 0.25) is 0 Å². The van der Waals surface area contributed by atoms with Crippen molar-refractivity contribution in [1.82, 2.24) is 4.90 Å². The standard InChI is InChI=1S/C12H16FNO2S/c1-8(2)14(5-6-15)12(16)10-7-9(17)3-4-11(10)13/h3-4,7-8,15,17H,5-6H2,1-2H3. The summed E-state index contributed by atoms with van der Waals surface area (Å²) in [6.45, 7) is 3.67. The van der Waals surface area contributed by atoms with Gasteiger partial charge in [0, 0.05) is 17.5 Å². The summed E-state index contributed by atoms with van der Waals surface area (Å²) in [7, 11) is 0. The SMILES string of the molecule is CC(C)N(CCO)C(=O)c1cc(S)ccc1F. The Morgan fingerprint density at radius 2 is 2.18 bits per heavy atom. The molecule has 1 aromatic carbocycles. The number of halogens is 1. The Balaban J connectivity index is 3.04. The largest absolute Gasteiger partial charge is 0.395 e. The van der Waals surface area contributed by atoms with E-state index in [1.54, 1.807) is 0 Å². The highest BCUT2D eigenvalue weighted by Gasteiger charge is 2.21. The first kappa shape index (κ1) is 14.0. The van der Waals surface area contributed by atoms with Crippen LogP contribution in [0.3, 0.4) is 0 Å². The maximum atomic E-state index is 13.5. The van der Waals surface area contributed by atoms with Crippen molar-refractivity contribution < 1.29 is 14.3 Å². The molecule has 1 rings (SSSR count). The number of thiol groups is 1. The van der Waals surface area contributed by atoms with Crippen LogP contribution in [0.5, 0.6) is 0 Å². The Kier molecular flexibility index (Phi) is 4.96. The second-order valence-electron chi connectivity index (χ2n) is 3.98. The highest BCUT2D eigenvalue weighted by Crippen LogP contribution is 2.16. The number of amides is 1. The van der Waals surface area contributed by atoms with Gasteiger partial charge in [-0.25, -0.2) is 4.39 Å². The molecule has 0 aromatic heterocycles. The maximum absolute atomic E-state index is 13.5. The summed E-state index contributed by atoms with van der Waals surface area (Å²) in [4.78, 5) is 14.0. The quantitative estimate of drug-likeness (QED) is 0.810. The van der Waals surface area contributed by atoms with Gasteiger partial charge in [-0.15, -0.1) is 12.6 Å². The molecule has 5 heteroatoms. The van der Waals surface area contributed by atoms with E-state index in [1.165, 1.54) is 23.1 Å². The zero-order chi connectivity index (χ0) is 13.0. The lowest BCUT2D eigenvalue weighted by atomic mass is 10.1. The summed E-state index contributed by atoms with van der Waals surface area (Å²) < 4.78 is 13.5. The minimum Gasteiger partial charge on any atom is -0.395 e. The molecule has 0 aliphatic heterocycles. The Bertz CT molecular complexity index is 409. The van der Waals surface area contributed by atoms with Crippen molar-refractivity contribution in [3.63, 3.8) is 0 Å². The van der Waals surface area contributed by atoms with Crippen molar-refractivity contribution >= 4 is 18.5 Å². The van der Waals surface area contributed by atoms with Gasteiger partial charge in [-0.05, 0) is 32.0 Å². The Morgan fingerprint density at radius 3 is 2.71 bits per heavy atom. The number of rotatable bonds is 4. The molecule has 0 aliphatic carbocycles. The van der Waals surface area contributed by atoms with Crippen molar-refractivity contribution in [2.45, 2.75) is 24.8 Å². The molecule has 0 saturated carbocycles. The summed E-state index contributed by atoms with van der Waals surface area (Å²) in [5.74, 6) is -1.00. The fourth-order valence-electron chi connectivity index (χ4n) is 1.53. The monoisotopic (exact) mass is 257 g/mol. The smallest absolute Gasteiger partial charge is 0.257 e. The van der Waals surface area contributed by atoms with Crippen molar-refractivity contribution in [2.75, 3.05) is 13.2 Å². The molecule has 17 heavy (non-hydrogen) atoms. The van der Waals surface area contributed by atoms with Crippen LogP contribution in [0.1, 0.15) is 24.2 Å². The molecule has 94 valence electrons. The van der Waals surface area contributed by atoms with E-state index in [4.69, 9.17) is 5.11 Å². The van der Waals surface area contributed by atoms with Crippen LogP contribution in [0, 0.1) is 5.82 Å². The predicted molar refractivity (Wildman–Crippen MR) is 66.9 cm³/mol. The first-order chi connectivity index (χ1) is 7.97. The second-order valence-corrected chi connectivity index (χ2v) is 4.50. The van der Waals surface area contributed by atoms with Gasteiger partial charge in [-0.1, -0.05) is 0 Å². The molecule has 0 heterocycles. The molecule has 1 aromatic rings. The van der Waals surface area contributed by atoms with Crippen LogP contribution >= 0.6 is 12.6 Å². The zero-order valence-corrected chi connectivity index (χ0v) is 10.7. The predicted octanol–water partition coefficient (Wildman–Crippen LogP) is 1.96. The minimum absolute atomic E-state index is 0.0142. The lowest BCUT2D eigenvalue weighted by Gasteiger charge is -2.26. The lowest BCUT2D eigenvalue weighted by Crippen LogP contribution is -2.39. The van der Waals surface area contributed by atoms with Gasteiger partial charge in [-0.2, -0.15) is 0 Å². The van der Waals surface area contributed by atoms with E-state index in [9.17, 15) is 9.18 Å². The third-order valence-electron chi connectivity index (χ3n) is 2.41. The molecule has 0 atom stereocenters. The number of aliphatic hydroxyl groups is 1. The van der Waals surface area contributed by atoms with Crippen LogP contribution < -0.4 is 0 Å². The van der Waals surface area contributed by atoms with E-state index in [0.717, 1.165) is 0 Å². The van der Waals surface area contributed by atoms with Crippen LogP contribution in [-0.4, -0.2) is 35.1 Å². The van der Waals surface area contributed by atoms with E-state index in [0.29, 0.717) is 4.90 Å². The van der Waals surface area contributed by atoms with Crippen molar-refractivity contribution in [3.05, 3.63) is 29.6 Å². The van der Waals surface area contributed by atoms with Crippen LogP contribution in [0.2, 0.25) is 0 Å². The van der Waals surface area contributed by atoms with Gasteiger partial charge in [-0.3, -0.25) is 4.79 Å². The highest BCUT2D eigenvalue weighted by molar-refractivity contribution is 7.80. The number of aliphatic hydroxyl groups excluding tert-OH is 1. The Morgan fingerprint density at radius 1 is 1.53 bits per heavy atom. The molecule has 0 saturated heterocycles. The summed E-state index contributed by atoms with van der Waals surface area (Å²) in [5, 5.41) is 8.90. The van der Waals surface area contributed by atoms with Crippen molar-refractivity contribution in [3.8, 4) is 0 Å². The van der Waals surface area contributed by atoms with E-state index >= 15 is 0 Å². The van der Waals surface area contributed by atoms with Crippen LogP contribution in [0.4, 0.5) is 4.39 Å². The van der Waals surface area contributed by atoms with E-state index < -0.39 is 11.7 Å². The third-order valence-corrected chi connectivity index (χ3v) is 2.68. The minimum atomic E-state index is -0.573. The van der Waals surface area contributed by atoms with Crippen LogP contribution in [-0.2, 0) is 0 Å². The van der Waals surface area contributed by atoms with Gasteiger partial charge in [0.15, 0.2) is 0 Å². The number of hydrogen-bond donors (Lipinski definition) is 2. The lowest BCUT2D eigenvalue weighted by molar-refractivity contribution is 0.0660. The summed E-state index contributed by atoms with van der Waals surface area (Å²) in [6, 6.07) is 4.00. The molecule has 0 spiro atoms. The average molecular weight is 257 g/mol. The molecule has 1 amide bonds. The van der Waals surface area contributed by atoms with E-state index in [1.807, 2.05) is 13.8 Å². The fourth-order valence-corrected chi connectivity index (χ4v) is 1.74. The summed E-state index contributed by atoms with van der Waals surface area (Å²) >= 11 is 4.08. The molecule has 0 radical (unpaired) electrons. The molecular formula is C12H16FNO2S. The zero-order valence-electron chi connectivity index (χ0n) is 9.85. The number of nitrogens with zero attached hydrogens (tertiary/aromatic N) is 1. The fraction of sp³-hybridized carbons (Fsp3) is 0.417. The van der Waals surface area contributed by atoms with Crippen molar-refractivity contribution in [2.24, 2.45) is 0 Å². The normalized spacial score (nSPS) is 10.7. The molecule has 0 fully saturated rings. The third kappa shape index (κ3) is 3.44. The molecule has 0 unspecified atom stereocenters. The molecule has 1 N–H and O–H groups in total. The number of hydrogen-bond acceptors (Lipinski definition) is 3. The number of carbonyl (C=O) groups excluding carboxylic acids is 1. The van der Waals surface area contributed by atoms with Crippen molar-refractivity contribution in [1.29, 1.82) is 0 Å². The van der Waals surface area contributed by atoms with Gasteiger partial charge < -0.3 is 10.0 Å². The first-order valence-corrected chi connectivity index (χ1v) is 5.82. The Labute approximate surface area is 106 Å². The van der Waals surface area contributed by atoms with Crippen LogP contribution in [0.25, 0.3) is 0 Å². The van der Waals surface area contributed by atoms with E-state index in [2.05, 4.69) is 12.6 Å². The van der Waals surface area contributed by atoms with Gasteiger partial charge in [0.25, 0.3) is 5.91 Å². The molecular weight excluding hydrogens is 241 g/mol. The topological polar surface area (TPSA) is 40.5 Å². The van der Waals surface area contributed by atoms with E-state index in [-0.39, 0.29) is 24.8 Å². The Hall–Kier alpha value is -1.07. The van der Waals surface area contributed by atoms with Gasteiger partial charge in [0.1, 0.15) is 5.82 Å². The van der Waals surface area contributed by atoms with Gasteiger partial charge in [0.05, 0.1) is 12.2 Å². The average Bonchev–Trinajstić information content (AvgIpc) is 2.28.